The molecule has 1 amide bonds. The molecule has 4 rings (SSSR count). The van der Waals surface area contributed by atoms with Gasteiger partial charge in [-0.25, -0.2) is 0 Å². The van der Waals surface area contributed by atoms with E-state index in [1.54, 1.807) is 22.8 Å². The van der Waals surface area contributed by atoms with Crippen molar-refractivity contribution < 1.29 is 19.2 Å². The normalized spacial score (nSPS) is 20.2. The molecule has 0 bridgehead atoms. The Bertz CT molecular complexity index is 990. The first-order chi connectivity index (χ1) is 14.1. The SMILES string of the molecule is O=C(NCC[NH+]1CCOCC1)c1ccc2c(=O)n(CC3CCCO3)c(=S)[nH]c2c1. The maximum Gasteiger partial charge on any atom is 0.262 e. The van der Waals surface area contributed by atoms with Gasteiger partial charge in [-0.1, -0.05) is 0 Å². The number of carbonyl (C=O) groups excluding carboxylic acids is 1. The van der Waals surface area contributed by atoms with E-state index in [2.05, 4.69) is 10.3 Å². The van der Waals surface area contributed by atoms with Crippen molar-refractivity contribution in [1.82, 2.24) is 14.9 Å². The van der Waals surface area contributed by atoms with Gasteiger partial charge in [-0.3, -0.25) is 14.2 Å². The summed E-state index contributed by atoms with van der Waals surface area (Å²) in [6, 6.07) is 5.07. The Balaban J connectivity index is 1.46. The van der Waals surface area contributed by atoms with Crippen LogP contribution in [0.2, 0.25) is 0 Å². The van der Waals surface area contributed by atoms with Gasteiger partial charge in [-0.15, -0.1) is 0 Å². The smallest absolute Gasteiger partial charge is 0.262 e. The Morgan fingerprint density at radius 3 is 2.90 bits per heavy atom. The van der Waals surface area contributed by atoms with Crippen LogP contribution in [-0.2, 0) is 16.0 Å². The van der Waals surface area contributed by atoms with E-state index in [-0.39, 0.29) is 17.6 Å². The van der Waals surface area contributed by atoms with E-state index in [1.165, 1.54) is 4.90 Å². The van der Waals surface area contributed by atoms with E-state index < -0.39 is 0 Å². The Kier molecular flexibility index (Phi) is 6.39. The third-order valence-corrected chi connectivity index (χ3v) is 5.94. The molecule has 0 spiro atoms. The van der Waals surface area contributed by atoms with Gasteiger partial charge < -0.3 is 24.7 Å². The van der Waals surface area contributed by atoms with Gasteiger partial charge in [0.1, 0.15) is 13.1 Å². The fourth-order valence-electron chi connectivity index (χ4n) is 3.92. The minimum absolute atomic E-state index is 0.0268. The zero-order valence-corrected chi connectivity index (χ0v) is 17.2. The zero-order chi connectivity index (χ0) is 20.2. The molecule has 0 radical (unpaired) electrons. The number of quaternary nitrogens is 1. The molecule has 8 nitrogen and oxygen atoms in total. The van der Waals surface area contributed by atoms with Gasteiger partial charge in [0.15, 0.2) is 4.77 Å². The van der Waals surface area contributed by atoms with Gasteiger partial charge >= 0.3 is 0 Å². The Morgan fingerprint density at radius 2 is 2.14 bits per heavy atom. The summed E-state index contributed by atoms with van der Waals surface area (Å²) in [5.74, 6) is -0.151. The van der Waals surface area contributed by atoms with Gasteiger partial charge in [-0.2, -0.15) is 0 Å². The number of morpholine rings is 1. The van der Waals surface area contributed by atoms with E-state index in [0.29, 0.717) is 34.3 Å². The standard InChI is InChI=1S/C20H26N4O4S/c25-18(21-5-6-23-7-10-27-11-8-23)14-3-4-16-17(12-14)22-20(29)24(19(16)26)13-15-2-1-9-28-15/h3-4,12,15H,1-2,5-11,13H2,(H,21,25)(H,22,29)/p+1. The van der Waals surface area contributed by atoms with Gasteiger partial charge in [0.25, 0.3) is 11.5 Å². The third kappa shape index (κ3) is 4.75. The predicted octanol–water partition coefficient (Wildman–Crippen LogP) is -0.117. The molecule has 1 aromatic carbocycles. The molecule has 1 unspecified atom stereocenters. The minimum atomic E-state index is -0.151. The third-order valence-electron chi connectivity index (χ3n) is 5.62. The number of hydrogen-bond donors (Lipinski definition) is 3. The molecule has 2 aliphatic heterocycles. The molecule has 2 fully saturated rings. The Labute approximate surface area is 173 Å². The largest absolute Gasteiger partial charge is 0.376 e. The van der Waals surface area contributed by atoms with Gasteiger partial charge in [-0.05, 0) is 43.3 Å². The number of H-pyrrole nitrogens is 1. The average Bonchev–Trinajstić information content (AvgIpc) is 3.25. The number of benzene rings is 1. The van der Waals surface area contributed by atoms with Crippen LogP contribution in [0.4, 0.5) is 0 Å². The lowest BCUT2D eigenvalue weighted by Gasteiger charge is -2.23. The van der Waals surface area contributed by atoms with E-state index >= 15 is 0 Å². The number of ether oxygens (including phenoxy) is 2. The molecule has 0 aliphatic carbocycles. The fraction of sp³-hybridized carbons (Fsp3) is 0.550. The van der Waals surface area contributed by atoms with Gasteiger partial charge in [0.05, 0.1) is 49.9 Å². The molecule has 2 aromatic rings. The molecule has 0 saturated carbocycles. The van der Waals surface area contributed by atoms with E-state index in [9.17, 15) is 9.59 Å². The number of nitrogens with zero attached hydrogens (tertiary/aromatic N) is 1. The van der Waals surface area contributed by atoms with Crippen LogP contribution >= 0.6 is 12.2 Å². The van der Waals surface area contributed by atoms with Crippen molar-refractivity contribution in [3.05, 3.63) is 38.9 Å². The number of hydrogen-bond acceptors (Lipinski definition) is 5. The molecule has 2 aliphatic rings. The molecule has 3 N–H and O–H groups in total. The molecule has 1 aromatic heterocycles. The second-order valence-corrected chi connectivity index (χ2v) is 8.00. The second-order valence-electron chi connectivity index (χ2n) is 7.61. The quantitative estimate of drug-likeness (QED) is 0.569. The maximum atomic E-state index is 12.9. The summed E-state index contributed by atoms with van der Waals surface area (Å²) in [6.07, 6.45) is 1.97. The summed E-state index contributed by atoms with van der Waals surface area (Å²) in [5.41, 5.74) is 0.938. The van der Waals surface area contributed by atoms with Crippen LogP contribution in [0.15, 0.2) is 23.0 Å². The number of aromatic nitrogens is 2. The number of rotatable bonds is 6. The monoisotopic (exact) mass is 419 g/mol. The number of carbonyl (C=O) groups is 1. The van der Waals surface area contributed by atoms with Crippen LogP contribution in [0.1, 0.15) is 23.2 Å². The number of aromatic amines is 1. The minimum Gasteiger partial charge on any atom is -0.376 e. The summed E-state index contributed by atoms with van der Waals surface area (Å²) in [7, 11) is 0. The van der Waals surface area contributed by atoms with Crippen molar-refractivity contribution in [2.45, 2.75) is 25.5 Å². The highest BCUT2D eigenvalue weighted by atomic mass is 32.1. The van der Waals surface area contributed by atoms with Crippen LogP contribution < -0.4 is 15.8 Å². The summed E-state index contributed by atoms with van der Waals surface area (Å²) in [6.45, 7) is 6.16. The number of nitrogens with one attached hydrogen (secondary N) is 3. The molecule has 3 heterocycles. The van der Waals surface area contributed by atoms with Crippen molar-refractivity contribution in [3.8, 4) is 0 Å². The zero-order valence-electron chi connectivity index (χ0n) is 16.4. The number of fused-ring (bicyclic) bond motifs is 1. The maximum absolute atomic E-state index is 12.9. The second kappa shape index (κ2) is 9.17. The number of amides is 1. The van der Waals surface area contributed by atoms with Crippen LogP contribution in [-0.4, -0.2) is 67.6 Å². The summed E-state index contributed by atoms with van der Waals surface area (Å²) >= 11 is 5.39. The molecule has 156 valence electrons. The van der Waals surface area contributed by atoms with Crippen molar-refractivity contribution in [1.29, 1.82) is 0 Å². The van der Waals surface area contributed by atoms with E-state index in [1.807, 2.05) is 0 Å². The molecular formula is C20H27N4O4S+. The summed E-state index contributed by atoms with van der Waals surface area (Å²) in [4.78, 5) is 29.9. The molecular weight excluding hydrogens is 392 g/mol. The highest BCUT2D eigenvalue weighted by Gasteiger charge is 2.19. The predicted molar refractivity (Wildman–Crippen MR) is 111 cm³/mol. The fourth-order valence-corrected chi connectivity index (χ4v) is 4.19. The molecule has 9 heteroatoms. The van der Waals surface area contributed by atoms with Crippen molar-refractivity contribution >= 4 is 29.0 Å². The lowest BCUT2D eigenvalue weighted by Crippen LogP contribution is -3.14. The topological polar surface area (TPSA) is 89.8 Å². The first-order valence-electron chi connectivity index (χ1n) is 10.2. The van der Waals surface area contributed by atoms with Crippen LogP contribution in [0.3, 0.4) is 0 Å². The Morgan fingerprint density at radius 1 is 1.31 bits per heavy atom. The molecule has 2 saturated heterocycles. The average molecular weight is 420 g/mol. The first-order valence-corrected chi connectivity index (χ1v) is 10.6. The highest BCUT2D eigenvalue weighted by Crippen LogP contribution is 2.15. The summed E-state index contributed by atoms with van der Waals surface area (Å²) in [5, 5.41) is 3.48. The lowest BCUT2D eigenvalue weighted by atomic mass is 10.1. The van der Waals surface area contributed by atoms with Gasteiger partial charge in [0, 0.05) is 12.2 Å². The first kappa shape index (κ1) is 20.2. The van der Waals surface area contributed by atoms with Crippen LogP contribution in [0.25, 0.3) is 10.9 Å². The van der Waals surface area contributed by atoms with Crippen molar-refractivity contribution in [2.24, 2.45) is 0 Å². The molecule has 1 atom stereocenters. The van der Waals surface area contributed by atoms with Crippen molar-refractivity contribution in [2.75, 3.05) is 46.0 Å². The van der Waals surface area contributed by atoms with Crippen molar-refractivity contribution in [3.63, 3.8) is 0 Å². The van der Waals surface area contributed by atoms with E-state index in [4.69, 9.17) is 21.7 Å². The van der Waals surface area contributed by atoms with E-state index in [0.717, 1.165) is 52.3 Å². The van der Waals surface area contributed by atoms with Gasteiger partial charge in [0.2, 0.25) is 0 Å². The lowest BCUT2D eigenvalue weighted by molar-refractivity contribution is -0.906. The van der Waals surface area contributed by atoms with Crippen LogP contribution in [0, 0.1) is 4.77 Å². The van der Waals surface area contributed by atoms with Crippen LogP contribution in [0.5, 0.6) is 0 Å². The summed E-state index contributed by atoms with van der Waals surface area (Å²) < 4.78 is 12.9. The molecule has 29 heavy (non-hydrogen) atoms. The highest BCUT2D eigenvalue weighted by molar-refractivity contribution is 7.71. The Hall–Kier alpha value is -2.07.